The molecule has 5 rings (SSSR count). The summed E-state index contributed by atoms with van der Waals surface area (Å²) in [5.74, 6) is 0.646. The number of carbonyl (C=O) groups is 2. The number of nitrogens with zero attached hydrogens (tertiary/aromatic N) is 1. The third-order valence-electron chi connectivity index (χ3n) is 6.57. The molecule has 33 heavy (non-hydrogen) atoms. The number of carbonyl (C=O) groups excluding carboxylic acids is 2. The molecule has 3 aromatic carbocycles. The van der Waals surface area contributed by atoms with E-state index in [9.17, 15) is 9.59 Å². The van der Waals surface area contributed by atoms with E-state index in [-0.39, 0.29) is 18.0 Å². The second kappa shape index (κ2) is 9.14. The van der Waals surface area contributed by atoms with Crippen LogP contribution in [0.4, 0.5) is 21.9 Å². The number of hydrogen-bond acceptors (Lipinski definition) is 3. The van der Waals surface area contributed by atoms with Gasteiger partial charge in [0, 0.05) is 35.9 Å². The molecule has 0 bridgehead atoms. The summed E-state index contributed by atoms with van der Waals surface area (Å²) in [5, 5.41) is 11.0. The van der Waals surface area contributed by atoms with E-state index in [0.717, 1.165) is 60.9 Å². The summed E-state index contributed by atoms with van der Waals surface area (Å²) in [4.78, 5) is 28.1. The molecule has 0 radical (unpaired) electrons. The van der Waals surface area contributed by atoms with Crippen LogP contribution in [0.3, 0.4) is 0 Å². The fourth-order valence-electron chi connectivity index (χ4n) is 4.43. The van der Waals surface area contributed by atoms with E-state index in [1.807, 2.05) is 54.6 Å². The van der Waals surface area contributed by atoms with Crippen molar-refractivity contribution < 1.29 is 9.59 Å². The lowest BCUT2D eigenvalue weighted by molar-refractivity contribution is 0.0951. The summed E-state index contributed by atoms with van der Waals surface area (Å²) in [7, 11) is 0. The predicted octanol–water partition coefficient (Wildman–Crippen LogP) is 5.61. The Morgan fingerprint density at radius 2 is 1.64 bits per heavy atom. The van der Waals surface area contributed by atoms with Crippen molar-refractivity contribution in [1.29, 1.82) is 0 Å². The molecule has 0 spiro atoms. The number of benzene rings is 3. The van der Waals surface area contributed by atoms with Crippen LogP contribution in [0.1, 0.15) is 43.0 Å². The molecule has 1 saturated heterocycles. The van der Waals surface area contributed by atoms with E-state index < -0.39 is 0 Å². The maximum Gasteiger partial charge on any atom is 0.323 e. The van der Waals surface area contributed by atoms with E-state index in [2.05, 4.69) is 27.8 Å². The highest BCUT2D eigenvalue weighted by Gasteiger charge is 2.27. The number of anilines is 3. The molecule has 0 atom stereocenters. The number of hydrogen-bond donors (Lipinski definition) is 3. The second-order valence-corrected chi connectivity index (χ2v) is 9.26. The lowest BCUT2D eigenvalue weighted by atomic mass is 9.98. The van der Waals surface area contributed by atoms with E-state index in [1.54, 1.807) is 6.07 Å². The Labute approximate surface area is 194 Å². The Balaban J connectivity index is 1.36. The SMILES string of the molecule is CC1CCN(c2ccc(NC(=O)Nc3cccc4ccccc34)cc2C(=O)NC2CC2)CC1. The van der Waals surface area contributed by atoms with Crippen molar-refractivity contribution in [3.63, 3.8) is 0 Å². The second-order valence-electron chi connectivity index (χ2n) is 9.26. The first kappa shape index (κ1) is 21.3. The first-order valence-corrected chi connectivity index (χ1v) is 11.8. The number of piperidine rings is 1. The van der Waals surface area contributed by atoms with Crippen molar-refractivity contribution in [1.82, 2.24) is 5.32 Å². The van der Waals surface area contributed by atoms with Crippen LogP contribution in [0.2, 0.25) is 0 Å². The average molecular weight is 443 g/mol. The van der Waals surface area contributed by atoms with Gasteiger partial charge in [-0.05, 0) is 61.3 Å². The molecule has 3 amide bonds. The van der Waals surface area contributed by atoms with E-state index in [4.69, 9.17) is 0 Å². The van der Waals surface area contributed by atoms with Crippen LogP contribution in [0, 0.1) is 5.92 Å². The van der Waals surface area contributed by atoms with Crippen LogP contribution < -0.4 is 20.9 Å². The molecule has 1 aliphatic heterocycles. The maximum absolute atomic E-state index is 13.0. The monoisotopic (exact) mass is 442 g/mol. The topological polar surface area (TPSA) is 73.5 Å². The lowest BCUT2D eigenvalue weighted by Crippen LogP contribution is -2.35. The molecular formula is C27H30N4O2. The van der Waals surface area contributed by atoms with Gasteiger partial charge in [0.25, 0.3) is 5.91 Å². The van der Waals surface area contributed by atoms with Gasteiger partial charge in [-0.1, -0.05) is 43.3 Å². The van der Waals surface area contributed by atoms with Crippen LogP contribution in [-0.4, -0.2) is 31.1 Å². The fraction of sp³-hybridized carbons (Fsp3) is 0.333. The smallest absolute Gasteiger partial charge is 0.323 e. The van der Waals surface area contributed by atoms with Crippen molar-refractivity contribution in [2.24, 2.45) is 5.92 Å². The zero-order valence-electron chi connectivity index (χ0n) is 18.9. The zero-order valence-corrected chi connectivity index (χ0v) is 18.9. The molecule has 0 unspecified atom stereocenters. The summed E-state index contributed by atoms with van der Waals surface area (Å²) in [5.41, 5.74) is 2.92. The van der Waals surface area contributed by atoms with Gasteiger partial charge in [-0.25, -0.2) is 4.79 Å². The van der Waals surface area contributed by atoms with Crippen LogP contribution >= 0.6 is 0 Å². The van der Waals surface area contributed by atoms with Crippen LogP contribution in [0.5, 0.6) is 0 Å². The molecule has 170 valence electrons. The van der Waals surface area contributed by atoms with Crippen molar-refractivity contribution in [2.45, 2.75) is 38.6 Å². The van der Waals surface area contributed by atoms with Crippen molar-refractivity contribution >= 4 is 39.8 Å². The Kier molecular flexibility index (Phi) is 5.90. The molecule has 3 aromatic rings. The summed E-state index contributed by atoms with van der Waals surface area (Å²) >= 11 is 0. The number of rotatable bonds is 5. The summed E-state index contributed by atoms with van der Waals surface area (Å²) in [6.07, 6.45) is 4.32. The summed E-state index contributed by atoms with van der Waals surface area (Å²) < 4.78 is 0. The minimum absolute atomic E-state index is 0.0655. The Hall–Kier alpha value is -3.54. The van der Waals surface area contributed by atoms with E-state index in [0.29, 0.717) is 17.2 Å². The number of fused-ring (bicyclic) bond motifs is 1. The zero-order chi connectivity index (χ0) is 22.8. The first-order valence-electron chi connectivity index (χ1n) is 11.8. The van der Waals surface area contributed by atoms with Gasteiger partial charge < -0.3 is 20.9 Å². The van der Waals surface area contributed by atoms with Gasteiger partial charge in [-0.3, -0.25) is 4.79 Å². The lowest BCUT2D eigenvalue weighted by Gasteiger charge is -2.33. The van der Waals surface area contributed by atoms with Crippen molar-refractivity contribution in [3.8, 4) is 0 Å². The Morgan fingerprint density at radius 1 is 0.879 bits per heavy atom. The molecular weight excluding hydrogens is 412 g/mol. The molecule has 6 nitrogen and oxygen atoms in total. The Morgan fingerprint density at radius 3 is 2.42 bits per heavy atom. The van der Waals surface area contributed by atoms with Crippen molar-refractivity contribution in [3.05, 3.63) is 66.2 Å². The number of nitrogens with one attached hydrogen (secondary N) is 3. The van der Waals surface area contributed by atoms with Gasteiger partial charge in [0.05, 0.1) is 11.3 Å². The summed E-state index contributed by atoms with van der Waals surface area (Å²) in [6, 6.07) is 19.3. The standard InChI is InChI=1S/C27H30N4O2/c1-18-13-15-31(16-14-18)25-12-11-21(17-23(25)26(32)28-20-9-10-20)29-27(33)30-24-8-4-6-19-5-2-3-7-22(19)24/h2-8,11-12,17-18,20H,9-10,13-16H2,1H3,(H,28,32)(H2,29,30,33). The molecule has 1 aliphatic carbocycles. The minimum Gasteiger partial charge on any atom is -0.371 e. The highest BCUT2D eigenvalue weighted by molar-refractivity contribution is 6.07. The van der Waals surface area contributed by atoms with E-state index >= 15 is 0 Å². The van der Waals surface area contributed by atoms with Crippen LogP contribution in [0.25, 0.3) is 10.8 Å². The average Bonchev–Trinajstić information content (AvgIpc) is 3.64. The number of amides is 3. The first-order chi connectivity index (χ1) is 16.1. The van der Waals surface area contributed by atoms with Crippen molar-refractivity contribution in [2.75, 3.05) is 28.6 Å². The van der Waals surface area contributed by atoms with E-state index in [1.165, 1.54) is 0 Å². The molecule has 3 N–H and O–H groups in total. The summed E-state index contributed by atoms with van der Waals surface area (Å²) in [6.45, 7) is 4.16. The van der Waals surface area contributed by atoms with Crippen LogP contribution in [0.15, 0.2) is 60.7 Å². The third-order valence-corrected chi connectivity index (χ3v) is 6.57. The van der Waals surface area contributed by atoms with Crippen LogP contribution in [-0.2, 0) is 0 Å². The number of urea groups is 1. The highest BCUT2D eigenvalue weighted by Crippen LogP contribution is 2.30. The predicted molar refractivity (Wildman–Crippen MR) is 134 cm³/mol. The maximum atomic E-state index is 13.0. The highest BCUT2D eigenvalue weighted by atomic mass is 16.2. The minimum atomic E-state index is -0.334. The quantitative estimate of drug-likeness (QED) is 0.481. The van der Waals surface area contributed by atoms with Gasteiger partial charge in [-0.15, -0.1) is 0 Å². The normalized spacial score (nSPS) is 16.5. The molecule has 1 saturated carbocycles. The molecule has 1 heterocycles. The largest absolute Gasteiger partial charge is 0.371 e. The van der Waals surface area contributed by atoms with Gasteiger partial charge in [0.2, 0.25) is 0 Å². The third kappa shape index (κ3) is 4.95. The Bertz CT molecular complexity index is 1170. The molecule has 6 heteroatoms. The fourth-order valence-corrected chi connectivity index (χ4v) is 4.43. The molecule has 2 fully saturated rings. The van der Waals surface area contributed by atoms with Gasteiger partial charge in [-0.2, -0.15) is 0 Å². The van der Waals surface area contributed by atoms with Gasteiger partial charge >= 0.3 is 6.03 Å². The molecule has 2 aliphatic rings. The van der Waals surface area contributed by atoms with Gasteiger partial charge in [0.1, 0.15) is 0 Å². The molecule has 0 aromatic heterocycles. The van der Waals surface area contributed by atoms with Gasteiger partial charge in [0.15, 0.2) is 0 Å².